The van der Waals surface area contributed by atoms with Crippen molar-refractivity contribution in [3.05, 3.63) is 70.3 Å². The van der Waals surface area contributed by atoms with Crippen molar-refractivity contribution in [2.75, 3.05) is 39.3 Å². The summed E-state index contributed by atoms with van der Waals surface area (Å²) in [7, 11) is 0. The molecule has 0 aliphatic carbocycles. The van der Waals surface area contributed by atoms with Crippen molar-refractivity contribution in [1.29, 1.82) is 5.26 Å². The monoisotopic (exact) mass is 482 g/mol. The molecule has 0 atom stereocenters. The van der Waals surface area contributed by atoms with Crippen LogP contribution in [0.25, 0.3) is 0 Å². The third-order valence-electron chi connectivity index (χ3n) is 7.39. The lowest BCUT2D eigenvalue weighted by Gasteiger charge is -2.31. The number of likely N-dealkylation sites (tertiary alicyclic amines) is 2. The van der Waals surface area contributed by atoms with Gasteiger partial charge in [0, 0.05) is 0 Å². The van der Waals surface area contributed by atoms with E-state index in [1.807, 2.05) is 12.1 Å². The van der Waals surface area contributed by atoms with Crippen LogP contribution in [0.15, 0.2) is 36.4 Å². The number of amides is 1. The van der Waals surface area contributed by atoms with E-state index in [0.717, 1.165) is 70.5 Å². The topological polar surface area (TPSA) is 73.4 Å². The molecule has 35 heavy (non-hydrogen) atoms. The Balaban J connectivity index is 0.000000196. The molecule has 1 amide bonds. The molecule has 0 aromatic heterocycles. The molecule has 4 rings (SSSR count). The summed E-state index contributed by atoms with van der Waals surface area (Å²) in [6.07, 6.45) is 3.85. The molecule has 0 saturated carbocycles. The minimum absolute atomic E-state index is 0.00502. The Morgan fingerprint density at radius 1 is 0.886 bits per heavy atom. The molecule has 0 radical (unpaired) electrons. The maximum Gasteiger partial charge on any atom is 0.251 e. The minimum atomic E-state index is -0.694. The Bertz CT molecular complexity index is 1040. The summed E-state index contributed by atoms with van der Waals surface area (Å²) in [6, 6.07) is 12.0. The maximum absolute atomic E-state index is 14.2. The van der Waals surface area contributed by atoms with Crippen molar-refractivity contribution in [3.63, 3.8) is 0 Å². The van der Waals surface area contributed by atoms with Crippen LogP contribution in [-0.2, 0) is 0 Å². The molecule has 2 N–H and O–H groups in total. The first-order valence-electron chi connectivity index (χ1n) is 12.6. The third kappa shape index (κ3) is 6.65. The van der Waals surface area contributed by atoms with Crippen LogP contribution < -0.4 is 5.73 Å². The largest absolute Gasteiger partial charge is 0.366 e. The number of hydrogen-bond donors (Lipinski definition) is 1. The lowest BCUT2D eigenvalue weighted by atomic mass is 9.88. The zero-order valence-corrected chi connectivity index (χ0v) is 20.8. The summed E-state index contributed by atoms with van der Waals surface area (Å²) < 4.78 is 28.2. The molecule has 2 aliphatic rings. The highest BCUT2D eigenvalue weighted by Gasteiger charge is 2.24. The zero-order valence-electron chi connectivity index (χ0n) is 20.8. The van der Waals surface area contributed by atoms with Gasteiger partial charge in [-0.1, -0.05) is 38.1 Å². The number of nitriles is 1. The average molecular weight is 483 g/mol. The van der Waals surface area contributed by atoms with Gasteiger partial charge in [-0.2, -0.15) is 5.26 Å². The van der Waals surface area contributed by atoms with Gasteiger partial charge in [-0.25, -0.2) is 8.78 Å². The van der Waals surface area contributed by atoms with E-state index < -0.39 is 11.7 Å². The van der Waals surface area contributed by atoms with E-state index in [1.54, 1.807) is 24.3 Å². The third-order valence-corrected chi connectivity index (χ3v) is 7.39. The Labute approximate surface area is 207 Å². The molecule has 188 valence electrons. The fraction of sp³-hybridized carbons (Fsp3) is 0.500. The summed E-state index contributed by atoms with van der Waals surface area (Å²) in [5, 5.41) is 8.82. The quantitative estimate of drug-likeness (QED) is 0.649. The number of primary amides is 1. The zero-order chi connectivity index (χ0) is 25.4. The molecule has 2 heterocycles. The van der Waals surface area contributed by atoms with Crippen LogP contribution in [0.2, 0.25) is 0 Å². The molecule has 7 heteroatoms. The molecule has 0 spiro atoms. The number of piperidine rings is 2. The lowest BCUT2D eigenvalue weighted by Crippen LogP contribution is -2.33. The highest BCUT2D eigenvalue weighted by atomic mass is 19.1. The smallest absolute Gasteiger partial charge is 0.251 e. The van der Waals surface area contributed by atoms with E-state index in [0.29, 0.717) is 5.56 Å². The normalized spacial score (nSPS) is 17.9. The van der Waals surface area contributed by atoms with Gasteiger partial charge >= 0.3 is 0 Å². The summed E-state index contributed by atoms with van der Waals surface area (Å²) >= 11 is 0. The molecule has 0 unspecified atom stereocenters. The van der Waals surface area contributed by atoms with Gasteiger partial charge in [0.2, 0.25) is 0 Å². The van der Waals surface area contributed by atoms with E-state index >= 15 is 0 Å². The van der Waals surface area contributed by atoms with Crippen molar-refractivity contribution in [1.82, 2.24) is 9.80 Å². The van der Waals surface area contributed by atoms with Crippen LogP contribution in [0.1, 0.15) is 78.4 Å². The molecule has 2 aromatic carbocycles. The van der Waals surface area contributed by atoms with Gasteiger partial charge in [0.05, 0.1) is 11.1 Å². The van der Waals surface area contributed by atoms with Crippen molar-refractivity contribution in [2.45, 2.75) is 51.4 Å². The summed E-state index contributed by atoms with van der Waals surface area (Å²) in [4.78, 5) is 15.9. The van der Waals surface area contributed by atoms with Crippen LogP contribution >= 0.6 is 0 Å². The van der Waals surface area contributed by atoms with Crippen molar-refractivity contribution in [2.24, 2.45) is 5.73 Å². The summed E-state index contributed by atoms with van der Waals surface area (Å²) in [6.45, 7) is 10.4. The molecule has 5 nitrogen and oxygen atoms in total. The molecule has 2 fully saturated rings. The number of nitrogens with two attached hydrogens (primary N) is 1. The molecule has 2 saturated heterocycles. The highest BCUT2D eigenvalue weighted by Crippen LogP contribution is 2.31. The van der Waals surface area contributed by atoms with Crippen LogP contribution in [-0.4, -0.2) is 55.0 Å². The van der Waals surface area contributed by atoms with Crippen LogP contribution in [0.5, 0.6) is 0 Å². The number of hydrogen-bond acceptors (Lipinski definition) is 4. The predicted octanol–water partition coefficient (Wildman–Crippen LogP) is 5.02. The van der Waals surface area contributed by atoms with Crippen molar-refractivity contribution < 1.29 is 13.6 Å². The van der Waals surface area contributed by atoms with E-state index in [4.69, 9.17) is 11.0 Å². The standard InChI is InChI=1S/C14H19FN2O.C14H17FN2/c1-2-17-8-6-10(7-9-17)11-4-3-5-12(13(11)15)14(16)18;1-2-17-8-6-11(7-9-17)13-5-3-4-12(10-16)14(13)15/h3-5,10H,2,6-9H2,1H3,(H2,16,18);3-5,11H,2,6-9H2,1H3. The van der Waals surface area contributed by atoms with Gasteiger partial charge in [0.25, 0.3) is 5.91 Å². The van der Waals surface area contributed by atoms with Crippen LogP contribution in [0.3, 0.4) is 0 Å². The van der Waals surface area contributed by atoms with Gasteiger partial charge in [-0.3, -0.25) is 4.79 Å². The second-order valence-corrected chi connectivity index (χ2v) is 9.31. The first-order valence-corrected chi connectivity index (χ1v) is 12.6. The summed E-state index contributed by atoms with van der Waals surface area (Å²) in [5.41, 5.74) is 6.70. The fourth-order valence-corrected chi connectivity index (χ4v) is 5.13. The molecule has 2 aromatic rings. The van der Waals surface area contributed by atoms with Gasteiger partial charge in [0.15, 0.2) is 0 Å². The number of halogens is 2. The SMILES string of the molecule is CCN1CCC(c2cccc(C#N)c2F)CC1.CCN1CCC(c2cccc(C(N)=O)c2F)CC1. The number of rotatable bonds is 5. The number of benzene rings is 2. The second kappa shape index (κ2) is 12.8. The maximum atomic E-state index is 14.2. The first-order chi connectivity index (χ1) is 16.9. The van der Waals surface area contributed by atoms with E-state index in [2.05, 4.69) is 23.6 Å². The number of nitrogens with zero attached hydrogens (tertiary/aromatic N) is 3. The minimum Gasteiger partial charge on any atom is -0.366 e. The number of carbonyl (C=O) groups excluding carboxylic acids is 1. The predicted molar refractivity (Wildman–Crippen MR) is 134 cm³/mol. The van der Waals surface area contributed by atoms with E-state index in [9.17, 15) is 13.6 Å². The van der Waals surface area contributed by atoms with Gasteiger partial charge in [-0.15, -0.1) is 0 Å². The highest BCUT2D eigenvalue weighted by molar-refractivity contribution is 5.93. The fourth-order valence-electron chi connectivity index (χ4n) is 5.13. The van der Waals surface area contributed by atoms with Crippen LogP contribution in [0, 0.1) is 23.0 Å². The van der Waals surface area contributed by atoms with Gasteiger partial charge in [0.1, 0.15) is 17.7 Å². The molecular formula is C28H36F2N4O. The average Bonchev–Trinajstić information content (AvgIpc) is 2.89. The second-order valence-electron chi connectivity index (χ2n) is 9.31. The lowest BCUT2D eigenvalue weighted by molar-refractivity contribution is 0.0996. The van der Waals surface area contributed by atoms with E-state index in [-0.39, 0.29) is 28.8 Å². The van der Waals surface area contributed by atoms with Gasteiger partial charge in [-0.05, 0) is 100 Å². The van der Waals surface area contributed by atoms with Crippen molar-refractivity contribution in [3.8, 4) is 6.07 Å². The molecular weight excluding hydrogens is 446 g/mol. The number of carbonyl (C=O) groups is 1. The van der Waals surface area contributed by atoms with Gasteiger partial charge < -0.3 is 15.5 Å². The van der Waals surface area contributed by atoms with Crippen LogP contribution in [0.4, 0.5) is 8.78 Å². The van der Waals surface area contributed by atoms with E-state index in [1.165, 1.54) is 6.07 Å². The molecule has 2 aliphatic heterocycles. The first kappa shape index (κ1) is 26.8. The Morgan fingerprint density at radius 3 is 1.77 bits per heavy atom. The molecule has 0 bridgehead atoms. The summed E-state index contributed by atoms with van der Waals surface area (Å²) in [5.74, 6) is -0.969. The Morgan fingerprint density at radius 2 is 1.34 bits per heavy atom. The van der Waals surface area contributed by atoms with Crippen molar-refractivity contribution >= 4 is 5.91 Å². The Hall–Kier alpha value is -2.82. The Kier molecular flexibility index (Phi) is 9.76.